The smallest absolute Gasteiger partial charge is 0.257 e. The third kappa shape index (κ3) is 4.17. The normalized spacial score (nSPS) is 14.7. The summed E-state index contributed by atoms with van der Waals surface area (Å²) < 4.78 is 0. The van der Waals surface area contributed by atoms with Crippen LogP contribution in [0.3, 0.4) is 0 Å². The Morgan fingerprint density at radius 1 is 1.17 bits per heavy atom. The molecule has 124 valence electrons. The molecule has 1 aliphatic rings. The maximum Gasteiger partial charge on any atom is 0.257 e. The second-order valence-electron chi connectivity index (χ2n) is 5.99. The molecule has 4 N–H and O–H groups in total. The van der Waals surface area contributed by atoms with E-state index in [-0.39, 0.29) is 17.9 Å². The van der Waals surface area contributed by atoms with Gasteiger partial charge in [0.1, 0.15) is 0 Å². The van der Waals surface area contributed by atoms with Crippen LogP contribution in [0.2, 0.25) is 0 Å². The van der Waals surface area contributed by atoms with Crippen molar-refractivity contribution < 1.29 is 9.59 Å². The monoisotopic (exact) mass is 324 g/mol. The van der Waals surface area contributed by atoms with Crippen LogP contribution in [0, 0.1) is 5.92 Å². The van der Waals surface area contributed by atoms with Crippen LogP contribution in [0.1, 0.15) is 33.6 Å². The molecule has 1 aromatic carbocycles. The zero-order valence-corrected chi connectivity index (χ0v) is 13.2. The second-order valence-corrected chi connectivity index (χ2v) is 5.99. The van der Waals surface area contributed by atoms with E-state index >= 15 is 0 Å². The summed E-state index contributed by atoms with van der Waals surface area (Å²) in [4.78, 5) is 28.3. The van der Waals surface area contributed by atoms with Crippen molar-refractivity contribution in [3.05, 3.63) is 59.9 Å². The zero-order chi connectivity index (χ0) is 16.9. The molecule has 3 rings (SSSR count). The number of nitrogens with zero attached hydrogens (tertiary/aromatic N) is 1. The quantitative estimate of drug-likeness (QED) is 0.755. The lowest BCUT2D eigenvalue weighted by molar-refractivity contribution is 0.0949. The van der Waals surface area contributed by atoms with Crippen molar-refractivity contribution in [2.75, 3.05) is 11.9 Å². The molecule has 0 radical (unpaired) electrons. The van der Waals surface area contributed by atoms with Crippen LogP contribution in [-0.4, -0.2) is 29.4 Å². The van der Waals surface area contributed by atoms with E-state index in [1.54, 1.807) is 42.6 Å². The highest BCUT2D eigenvalue weighted by molar-refractivity contribution is 6.04. The highest BCUT2D eigenvalue weighted by atomic mass is 16.2. The molecule has 0 saturated heterocycles. The van der Waals surface area contributed by atoms with Crippen molar-refractivity contribution in [2.24, 2.45) is 11.7 Å². The Morgan fingerprint density at radius 3 is 2.67 bits per heavy atom. The van der Waals surface area contributed by atoms with Gasteiger partial charge in [0, 0.05) is 36.2 Å². The second kappa shape index (κ2) is 7.23. The molecule has 1 fully saturated rings. The van der Waals surface area contributed by atoms with E-state index in [9.17, 15) is 9.59 Å². The number of rotatable bonds is 6. The lowest BCUT2D eigenvalue weighted by Crippen LogP contribution is -2.38. The maximum absolute atomic E-state index is 12.2. The van der Waals surface area contributed by atoms with Crippen LogP contribution in [0.25, 0.3) is 0 Å². The summed E-state index contributed by atoms with van der Waals surface area (Å²) in [6, 6.07) is 10.2. The fraction of sp³-hybridized carbons (Fsp3) is 0.278. The Balaban J connectivity index is 1.60. The van der Waals surface area contributed by atoms with Gasteiger partial charge in [-0.2, -0.15) is 0 Å². The van der Waals surface area contributed by atoms with E-state index in [0.717, 1.165) is 12.8 Å². The lowest BCUT2D eigenvalue weighted by atomic mass is 10.1. The maximum atomic E-state index is 12.2. The molecule has 6 nitrogen and oxygen atoms in total. The number of benzene rings is 1. The van der Waals surface area contributed by atoms with Gasteiger partial charge in [0.2, 0.25) is 0 Å². The van der Waals surface area contributed by atoms with Gasteiger partial charge in [-0.1, -0.05) is 6.07 Å². The molecular weight excluding hydrogens is 304 g/mol. The van der Waals surface area contributed by atoms with Crippen molar-refractivity contribution in [3.63, 3.8) is 0 Å². The average Bonchev–Trinajstić information content (AvgIpc) is 3.45. The summed E-state index contributed by atoms with van der Waals surface area (Å²) in [6.07, 6.45) is 5.39. The van der Waals surface area contributed by atoms with E-state index in [2.05, 4.69) is 15.6 Å². The number of aromatic nitrogens is 1. The van der Waals surface area contributed by atoms with E-state index < -0.39 is 0 Å². The number of pyridine rings is 1. The summed E-state index contributed by atoms with van der Waals surface area (Å²) in [5.41, 5.74) is 7.50. The molecule has 1 unspecified atom stereocenters. The first kappa shape index (κ1) is 16.1. The van der Waals surface area contributed by atoms with Gasteiger partial charge in [0.05, 0.1) is 5.56 Å². The van der Waals surface area contributed by atoms with Gasteiger partial charge in [0.15, 0.2) is 0 Å². The predicted octanol–water partition coefficient (Wildman–Crippen LogP) is 1.80. The summed E-state index contributed by atoms with van der Waals surface area (Å²) in [6.45, 7) is 0.468. The first-order valence-electron chi connectivity index (χ1n) is 7.98. The lowest BCUT2D eigenvalue weighted by Gasteiger charge is -2.12. The molecule has 6 heteroatoms. The predicted molar refractivity (Wildman–Crippen MR) is 91.7 cm³/mol. The Morgan fingerprint density at radius 2 is 1.96 bits per heavy atom. The number of carbonyl (C=O) groups excluding carboxylic acids is 2. The third-order valence-electron chi connectivity index (χ3n) is 4.03. The number of amides is 2. The Hall–Kier alpha value is -2.73. The number of anilines is 1. The Bertz CT molecular complexity index is 729. The Labute approximate surface area is 140 Å². The minimum absolute atomic E-state index is 0.0161. The van der Waals surface area contributed by atoms with E-state index in [0.29, 0.717) is 29.3 Å². The molecule has 0 spiro atoms. The van der Waals surface area contributed by atoms with Gasteiger partial charge in [-0.3, -0.25) is 14.6 Å². The summed E-state index contributed by atoms with van der Waals surface area (Å²) in [5.74, 6) is 0.0791. The number of hydrogen-bond donors (Lipinski definition) is 3. The van der Waals surface area contributed by atoms with Gasteiger partial charge in [-0.25, -0.2) is 0 Å². The first-order chi connectivity index (χ1) is 11.6. The fourth-order valence-corrected chi connectivity index (χ4v) is 2.44. The summed E-state index contributed by atoms with van der Waals surface area (Å²) in [5, 5.41) is 5.61. The average molecular weight is 324 g/mol. The van der Waals surface area contributed by atoms with Crippen LogP contribution in [0.5, 0.6) is 0 Å². The summed E-state index contributed by atoms with van der Waals surface area (Å²) in [7, 11) is 0. The standard InChI is InChI=1S/C18H20N4O2/c19-16(12-6-7-12)11-21-17(23)13-3-1-5-15(9-13)22-18(24)14-4-2-8-20-10-14/h1-5,8-10,12,16H,6-7,11,19H2,(H,21,23)(H,22,24). The van der Waals surface area contributed by atoms with Gasteiger partial charge in [0.25, 0.3) is 11.8 Å². The van der Waals surface area contributed by atoms with Crippen LogP contribution >= 0.6 is 0 Å². The Kier molecular flexibility index (Phi) is 4.86. The third-order valence-corrected chi connectivity index (χ3v) is 4.03. The van der Waals surface area contributed by atoms with Crippen LogP contribution in [0.15, 0.2) is 48.8 Å². The molecule has 0 bridgehead atoms. The van der Waals surface area contributed by atoms with E-state index in [4.69, 9.17) is 5.73 Å². The molecule has 24 heavy (non-hydrogen) atoms. The molecule has 1 saturated carbocycles. The molecule has 1 heterocycles. The molecule has 1 atom stereocenters. The van der Waals surface area contributed by atoms with Crippen molar-refractivity contribution in [3.8, 4) is 0 Å². The minimum Gasteiger partial charge on any atom is -0.350 e. The zero-order valence-electron chi connectivity index (χ0n) is 13.2. The summed E-state index contributed by atoms with van der Waals surface area (Å²) >= 11 is 0. The number of hydrogen-bond acceptors (Lipinski definition) is 4. The first-order valence-corrected chi connectivity index (χ1v) is 7.98. The van der Waals surface area contributed by atoms with Crippen molar-refractivity contribution in [1.29, 1.82) is 0 Å². The van der Waals surface area contributed by atoms with Gasteiger partial charge in [-0.05, 0) is 49.1 Å². The van der Waals surface area contributed by atoms with Gasteiger partial charge < -0.3 is 16.4 Å². The molecule has 2 amide bonds. The number of carbonyl (C=O) groups is 2. The van der Waals surface area contributed by atoms with Crippen molar-refractivity contribution in [2.45, 2.75) is 18.9 Å². The van der Waals surface area contributed by atoms with Crippen LogP contribution in [-0.2, 0) is 0 Å². The topological polar surface area (TPSA) is 97.1 Å². The highest BCUT2D eigenvalue weighted by Crippen LogP contribution is 2.31. The minimum atomic E-state index is -0.267. The fourth-order valence-electron chi connectivity index (χ4n) is 2.44. The van der Waals surface area contributed by atoms with Gasteiger partial charge >= 0.3 is 0 Å². The molecule has 2 aromatic rings. The van der Waals surface area contributed by atoms with Crippen molar-refractivity contribution in [1.82, 2.24) is 10.3 Å². The number of nitrogens with one attached hydrogen (secondary N) is 2. The number of nitrogens with two attached hydrogens (primary N) is 1. The largest absolute Gasteiger partial charge is 0.350 e. The van der Waals surface area contributed by atoms with E-state index in [1.807, 2.05) is 0 Å². The van der Waals surface area contributed by atoms with Gasteiger partial charge in [-0.15, -0.1) is 0 Å². The highest BCUT2D eigenvalue weighted by Gasteiger charge is 2.28. The molecule has 0 aliphatic heterocycles. The SMILES string of the molecule is NC(CNC(=O)c1cccc(NC(=O)c2cccnc2)c1)C1CC1. The molecule has 1 aliphatic carbocycles. The molecule has 1 aromatic heterocycles. The van der Waals surface area contributed by atoms with Crippen molar-refractivity contribution >= 4 is 17.5 Å². The van der Waals surface area contributed by atoms with Crippen LogP contribution in [0.4, 0.5) is 5.69 Å². The van der Waals surface area contributed by atoms with Crippen LogP contribution < -0.4 is 16.4 Å². The van der Waals surface area contributed by atoms with E-state index in [1.165, 1.54) is 6.20 Å². The molecular formula is C18H20N4O2.